The van der Waals surface area contributed by atoms with Crippen molar-refractivity contribution in [1.82, 2.24) is 0 Å². The maximum atomic E-state index is 8.85. The van der Waals surface area contributed by atoms with Crippen LogP contribution in [0.2, 0.25) is 0 Å². The molecule has 0 bridgehead atoms. The Kier molecular flexibility index (Phi) is 1.98. The first-order valence-corrected chi connectivity index (χ1v) is 4.10. The van der Waals surface area contributed by atoms with Crippen LogP contribution >= 0.6 is 0 Å². The van der Waals surface area contributed by atoms with Crippen molar-refractivity contribution in [2.45, 2.75) is 6.10 Å². The number of aliphatic hydroxyl groups is 1. The fourth-order valence-corrected chi connectivity index (χ4v) is 1.26. The molecule has 2 rings (SSSR count). The molecule has 0 amide bonds. The van der Waals surface area contributed by atoms with Gasteiger partial charge in [-0.15, -0.1) is 0 Å². The van der Waals surface area contributed by atoms with E-state index in [1.807, 2.05) is 0 Å². The van der Waals surface area contributed by atoms with Gasteiger partial charge < -0.3 is 20.3 Å². The van der Waals surface area contributed by atoms with E-state index in [2.05, 4.69) is 0 Å². The number of para-hydroxylation sites is 1. The van der Waals surface area contributed by atoms with Gasteiger partial charge in [0.2, 0.25) is 0 Å². The monoisotopic (exact) mass is 181 g/mol. The smallest absolute Gasteiger partial charge is 0.184 e. The van der Waals surface area contributed by atoms with Crippen LogP contribution in [-0.4, -0.2) is 24.4 Å². The number of hydrogen-bond donors (Lipinski definition) is 2. The van der Waals surface area contributed by atoms with Gasteiger partial charge in [-0.3, -0.25) is 0 Å². The van der Waals surface area contributed by atoms with Crippen LogP contribution in [0.15, 0.2) is 18.2 Å². The minimum absolute atomic E-state index is 0.0474. The lowest BCUT2D eigenvalue weighted by atomic mass is 10.2. The second kappa shape index (κ2) is 3.14. The SMILES string of the molecule is Nc1cccc2c1OCC(CO)O2. The fourth-order valence-electron chi connectivity index (χ4n) is 1.26. The van der Waals surface area contributed by atoms with E-state index in [4.69, 9.17) is 20.3 Å². The number of ether oxygens (including phenoxy) is 2. The first-order valence-electron chi connectivity index (χ1n) is 4.10. The van der Waals surface area contributed by atoms with E-state index in [9.17, 15) is 0 Å². The largest absolute Gasteiger partial charge is 0.484 e. The van der Waals surface area contributed by atoms with Gasteiger partial charge in [-0.1, -0.05) is 6.07 Å². The maximum Gasteiger partial charge on any atom is 0.184 e. The standard InChI is InChI=1S/C9H11NO3/c10-7-2-1-3-8-9(7)12-5-6(4-11)13-8/h1-3,6,11H,4-5,10H2. The molecule has 0 fully saturated rings. The Morgan fingerprint density at radius 1 is 1.54 bits per heavy atom. The van der Waals surface area contributed by atoms with Gasteiger partial charge in [0.15, 0.2) is 17.6 Å². The summed E-state index contributed by atoms with van der Waals surface area (Å²) >= 11 is 0. The third-order valence-corrected chi connectivity index (χ3v) is 1.92. The lowest BCUT2D eigenvalue weighted by Crippen LogP contribution is -2.32. The summed E-state index contributed by atoms with van der Waals surface area (Å²) in [5.41, 5.74) is 6.22. The average Bonchev–Trinajstić information content (AvgIpc) is 2.18. The van der Waals surface area contributed by atoms with Gasteiger partial charge in [0.05, 0.1) is 12.3 Å². The summed E-state index contributed by atoms with van der Waals surface area (Å²) in [6.45, 7) is 0.298. The Labute approximate surface area is 75.9 Å². The molecule has 1 aromatic carbocycles. The summed E-state index contributed by atoms with van der Waals surface area (Å²) in [5.74, 6) is 1.18. The molecular weight excluding hydrogens is 170 g/mol. The lowest BCUT2D eigenvalue weighted by Gasteiger charge is -2.25. The van der Waals surface area contributed by atoms with Crippen LogP contribution < -0.4 is 15.2 Å². The van der Waals surface area contributed by atoms with E-state index in [1.165, 1.54) is 0 Å². The number of benzene rings is 1. The lowest BCUT2D eigenvalue weighted by molar-refractivity contribution is 0.0462. The molecule has 0 saturated heterocycles. The van der Waals surface area contributed by atoms with E-state index in [0.717, 1.165) is 0 Å². The molecule has 4 nitrogen and oxygen atoms in total. The predicted octanol–water partition coefficient (Wildman–Crippen LogP) is 0.401. The van der Waals surface area contributed by atoms with Gasteiger partial charge in [-0.05, 0) is 12.1 Å². The summed E-state index contributed by atoms with van der Waals surface area (Å²) < 4.78 is 10.8. The molecule has 0 spiro atoms. The van der Waals surface area contributed by atoms with Crippen molar-refractivity contribution in [2.75, 3.05) is 18.9 Å². The Balaban J connectivity index is 2.31. The van der Waals surface area contributed by atoms with Crippen LogP contribution in [0.4, 0.5) is 5.69 Å². The Morgan fingerprint density at radius 3 is 3.15 bits per heavy atom. The number of hydrogen-bond acceptors (Lipinski definition) is 4. The van der Waals surface area contributed by atoms with Crippen molar-refractivity contribution < 1.29 is 14.6 Å². The van der Waals surface area contributed by atoms with Crippen molar-refractivity contribution in [1.29, 1.82) is 0 Å². The number of aliphatic hydroxyl groups excluding tert-OH is 1. The molecule has 1 unspecified atom stereocenters. The second-order valence-electron chi connectivity index (χ2n) is 2.91. The van der Waals surface area contributed by atoms with Gasteiger partial charge in [0, 0.05) is 0 Å². The molecule has 4 heteroatoms. The maximum absolute atomic E-state index is 8.85. The fraction of sp³-hybridized carbons (Fsp3) is 0.333. The van der Waals surface area contributed by atoms with Crippen molar-refractivity contribution in [3.63, 3.8) is 0 Å². The van der Waals surface area contributed by atoms with Crippen molar-refractivity contribution in [2.24, 2.45) is 0 Å². The molecule has 1 heterocycles. The van der Waals surface area contributed by atoms with Crippen LogP contribution in [0.3, 0.4) is 0 Å². The molecule has 1 aliphatic rings. The predicted molar refractivity (Wildman–Crippen MR) is 47.9 cm³/mol. The first-order chi connectivity index (χ1) is 6.31. The number of nitrogen functional groups attached to an aromatic ring is 1. The number of anilines is 1. The van der Waals surface area contributed by atoms with Crippen molar-refractivity contribution in [3.8, 4) is 11.5 Å². The van der Waals surface area contributed by atoms with E-state index < -0.39 is 0 Å². The van der Waals surface area contributed by atoms with Gasteiger partial charge in [0.1, 0.15) is 6.61 Å². The van der Waals surface area contributed by atoms with Gasteiger partial charge >= 0.3 is 0 Å². The van der Waals surface area contributed by atoms with Crippen LogP contribution in [0, 0.1) is 0 Å². The van der Waals surface area contributed by atoms with E-state index in [1.54, 1.807) is 18.2 Å². The molecule has 3 N–H and O–H groups in total. The molecule has 13 heavy (non-hydrogen) atoms. The minimum atomic E-state index is -0.283. The normalized spacial score (nSPS) is 19.9. The van der Waals surface area contributed by atoms with Crippen LogP contribution in [-0.2, 0) is 0 Å². The highest BCUT2D eigenvalue weighted by molar-refractivity contribution is 5.60. The van der Waals surface area contributed by atoms with Gasteiger partial charge in [-0.25, -0.2) is 0 Å². The summed E-state index contributed by atoms with van der Waals surface area (Å²) in [6, 6.07) is 5.31. The van der Waals surface area contributed by atoms with Crippen LogP contribution in [0.25, 0.3) is 0 Å². The summed E-state index contributed by atoms with van der Waals surface area (Å²) in [4.78, 5) is 0. The Morgan fingerprint density at radius 2 is 2.38 bits per heavy atom. The molecule has 0 radical (unpaired) electrons. The molecule has 70 valence electrons. The molecule has 1 atom stereocenters. The third kappa shape index (κ3) is 1.40. The van der Waals surface area contributed by atoms with Gasteiger partial charge in [-0.2, -0.15) is 0 Å². The average molecular weight is 181 g/mol. The quantitative estimate of drug-likeness (QED) is 0.615. The third-order valence-electron chi connectivity index (χ3n) is 1.92. The highest BCUT2D eigenvalue weighted by atomic mass is 16.6. The summed E-state index contributed by atoms with van der Waals surface area (Å²) in [5, 5.41) is 8.85. The van der Waals surface area contributed by atoms with Crippen molar-refractivity contribution in [3.05, 3.63) is 18.2 Å². The zero-order chi connectivity index (χ0) is 9.26. The minimum Gasteiger partial charge on any atom is -0.484 e. The molecular formula is C9H11NO3. The Hall–Kier alpha value is -1.42. The topological polar surface area (TPSA) is 64.7 Å². The second-order valence-corrected chi connectivity index (χ2v) is 2.91. The van der Waals surface area contributed by atoms with E-state index in [-0.39, 0.29) is 12.7 Å². The van der Waals surface area contributed by atoms with E-state index >= 15 is 0 Å². The Bertz CT molecular complexity index is 314. The molecule has 1 aliphatic heterocycles. The molecule has 1 aromatic rings. The highest BCUT2D eigenvalue weighted by Crippen LogP contribution is 2.36. The first kappa shape index (κ1) is 8.19. The summed E-state index contributed by atoms with van der Waals surface area (Å²) in [7, 11) is 0. The molecule has 0 saturated carbocycles. The van der Waals surface area contributed by atoms with Crippen molar-refractivity contribution >= 4 is 5.69 Å². The highest BCUT2D eigenvalue weighted by Gasteiger charge is 2.21. The molecule has 0 aliphatic carbocycles. The van der Waals surface area contributed by atoms with E-state index in [0.29, 0.717) is 23.8 Å². The van der Waals surface area contributed by atoms with Gasteiger partial charge in [0.25, 0.3) is 0 Å². The number of nitrogens with two attached hydrogens (primary N) is 1. The number of fused-ring (bicyclic) bond motifs is 1. The number of rotatable bonds is 1. The van der Waals surface area contributed by atoms with Crippen LogP contribution in [0.5, 0.6) is 11.5 Å². The molecule has 0 aromatic heterocycles. The zero-order valence-corrected chi connectivity index (χ0v) is 7.06. The summed E-state index contributed by atoms with van der Waals surface area (Å²) in [6.07, 6.45) is -0.283. The van der Waals surface area contributed by atoms with Crippen LogP contribution in [0.1, 0.15) is 0 Å². The zero-order valence-electron chi connectivity index (χ0n) is 7.06.